The fourth-order valence-corrected chi connectivity index (χ4v) is 3.02. The molecule has 0 unspecified atom stereocenters. The third kappa shape index (κ3) is 5.82. The Morgan fingerprint density at radius 1 is 1.03 bits per heavy atom. The van der Waals surface area contributed by atoms with E-state index in [0.29, 0.717) is 31.7 Å². The fourth-order valence-electron chi connectivity index (χ4n) is 3.02. The van der Waals surface area contributed by atoms with Crippen molar-refractivity contribution >= 4 is 11.6 Å². The first kappa shape index (κ1) is 20.4. The molecule has 0 aliphatic carbocycles. The molecule has 1 heterocycles. The molecule has 2 aromatic carbocycles. The fraction of sp³-hybridized carbons (Fsp3) is 0.250. The molecule has 0 fully saturated rings. The van der Waals surface area contributed by atoms with E-state index in [1.54, 1.807) is 35.4 Å². The van der Waals surface area contributed by atoms with Crippen molar-refractivity contribution in [1.82, 2.24) is 4.98 Å². The number of phenolic OH excluding ortho intramolecular Hbond substituents is 1. The number of aromatic nitrogens is 1. The van der Waals surface area contributed by atoms with Crippen LogP contribution in [0, 0.1) is 0 Å². The van der Waals surface area contributed by atoms with Crippen molar-refractivity contribution in [3.05, 3.63) is 84.2 Å². The number of amides is 1. The normalized spacial score (nSPS) is 10.5. The van der Waals surface area contributed by atoms with Gasteiger partial charge in [0.25, 0.3) is 0 Å². The van der Waals surface area contributed by atoms with Crippen LogP contribution in [0.4, 0.5) is 5.69 Å². The SMILES string of the molecule is CCc1ccc(OCCCC(=O)N(Cc2ccccn2)c2ccccc2O)cc1. The van der Waals surface area contributed by atoms with E-state index >= 15 is 0 Å². The third-order valence-corrected chi connectivity index (χ3v) is 4.66. The molecule has 29 heavy (non-hydrogen) atoms. The molecule has 0 spiro atoms. The van der Waals surface area contributed by atoms with E-state index in [9.17, 15) is 9.90 Å². The van der Waals surface area contributed by atoms with Crippen molar-refractivity contribution in [2.24, 2.45) is 0 Å². The maximum atomic E-state index is 12.9. The summed E-state index contributed by atoms with van der Waals surface area (Å²) < 4.78 is 5.75. The number of anilines is 1. The average molecular weight is 390 g/mol. The van der Waals surface area contributed by atoms with Gasteiger partial charge in [-0.1, -0.05) is 37.3 Å². The van der Waals surface area contributed by atoms with Crippen molar-refractivity contribution in [3.8, 4) is 11.5 Å². The zero-order valence-corrected chi connectivity index (χ0v) is 16.6. The Kier molecular flexibility index (Phi) is 7.22. The average Bonchev–Trinajstić information content (AvgIpc) is 2.76. The summed E-state index contributed by atoms with van der Waals surface area (Å²) >= 11 is 0. The second-order valence-electron chi connectivity index (χ2n) is 6.74. The van der Waals surface area contributed by atoms with E-state index < -0.39 is 0 Å². The number of hydrogen-bond donors (Lipinski definition) is 1. The monoisotopic (exact) mass is 390 g/mol. The predicted molar refractivity (Wildman–Crippen MR) is 114 cm³/mol. The molecule has 150 valence electrons. The number of nitrogens with zero attached hydrogens (tertiary/aromatic N) is 2. The first-order chi connectivity index (χ1) is 14.2. The van der Waals surface area contributed by atoms with Crippen LogP contribution in [0.15, 0.2) is 72.9 Å². The molecule has 0 atom stereocenters. The summed E-state index contributed by atoms with van der Waals surface area (Å²) in [5.41, 5.74) is 2.51. The number of para-hydroxylation sites is 2. The summed E-state index contributed by atoms with van der Waals surface area (Å²) in [6, 6.07) is 20.4. The highest BCUT2D eigenvalue weighted by molar-refractivity contribution is 5.94. The number of ether oxygens (including phenoxy) is 1. The highest BCUT2D eigenvalue weighted by Crippen LogP contribution is 2.28. The van der Waals surface area contributed by atoms with Crippen LogP contribution in [-0.2, 0) is 17.8 Å². The smallest absolute Gasteiger partial charge is 0.227 e. The highest BCUT2D eigenvalue weighted by atomic mass is 16.5. The molecule has 0 radical (unpaired) electrons. The molecule has 1 aromatic heterocycles. The van der Waals surface area contributed by atoms with Crippen molar-refractivity contribution in [3.63, 3.8) is 0 Å². The van der Waals surface area contributed by atoms with Crippen LogP contribution in [0.3, 0.4) is 0 Å². The summed E-state index contributed by atoms with van der Waals surface area (Å²) in [7, 11) is 0. The molecule has 1 N–H and O–H groups in total. The number of aromatic hydroxyl groups is 1. The molecule has 0 aliphatic rings. The minimum atomic E-state index is -0.0814. The van der Waals surface area contributed by atoms with Gasteiger partial charge >= 0.3 is 0 Å². The van der Waals surface area contributed by atoms with Gasteiger partial charge in [-0.3, -0.25) is 9.78 Å². The zero-order valence-electron chi connectivity index (χ0n) is 16.6. The lowest BCUT2D eigenvalue weighted by molar-refractivity contribution is -0.119. The van der Waals surface area contributed by atoms with E-state index in [2.05, 4.69) is 11.9 Å². The van der Waals surface area contributed by atoms with Crippen LogP contribution in [0.1, 0.15) is 31.0 Å². The number of benzene rings is 2. The maximum Gasteiger partial charge on any atom is 0.227 e. The van der Waals surface area contributed by atoms with Gasteiger partial charge in [-0.25, -0.2) is 0 Å². The number of pyridine rings is 1. The van der Waals surface area contributed by atoms with Crippen LogP contribution in [0.2, 0.25) is 0 Å². The molecular formula is C24H26N2O3. The van der Waals surface area contributed by atoms with E-state index in [4.69, 9.17) is 4.74 Å². The quantitative estimate of drug-likeness (QED) is 0.536. The molecular weight excluding hydrogens is 364 g/mol. The van der Waals surface area contributed by atoms with E-state index in [1.165, 1.54) is 5.56 Å². The number of carbonyl (C=O) groups is 1. The minimum Gasteiger partial charge on any atom is -0.506 e. The Morgan fingerprint density at radius 3 is 2.48 bits per heavy atom. The number of phenols is 1. The molecule has 1 amide bonds. The number of hydrogen-bond acceptors (Lipinski definition) is 4. The Hall–Kier alpha value is -3.34. The summed E-state index contributed by atoms with van der Waals surface area (Å²) in [6.45, 7) is 2.87. The first-order valence-corrected chi connectivity index (χ1v) is 9.87. The molecule has 0 bridgehead atoms. The van der Waals surface area contributed by atoms with E-state index in [0.717, 1.165) is 17.9 Å². The summed E-state index contributed by atoms with van der Waals surface area (Å²) in [5.74, 6) is 0.798. The molecule has 5 nitrogen and oxygen atoms in total. The minimum absolute atomic E-state index is 0.0732. The lowest BCUT2D eigenvalue weighted by Crippen LogP contribution is -2.31. The lowest BCUT2D eigenvalue weighted by atomic mass is 10.2. The summed E-state index contributed by atoms with van der Waals surface area (Å²) in [5, 5.41) is 10.2. The van der Waals surface area contributed by atoms with Crippen LogP contribution >= 0.6 is 0 Å². The lowest BCUT2D eigenvalue weighted by Gasteiger charge is -2.23. The van der Waals surface area contributed by atoms with E-state index in [1.807, 2.05) is 42.5 Å². The molecule has 0 saturated carbocycles. The van der Waals surface area contributed by atoms with Crippen LogP contribution in [0.25, 0.3) is 0 Å². The van der Waals surface area contributed by atoms with Gasteiger partial charge < -0.3 is 14.7 Å². The van der Waals surface area contributed by atoms with Crippen LogP contribution < -0.4 is 9.64 Å². The zero-order chi connectivity index (χ0) is 20.5. The molecule has 3 rings (SSSR count). The Labute approximate surface area is 171 Å². The van der Waals surface area contributed by atoms with Gasteiger partial charge in [-0.15, -0.1) is 0 Å². The van der Waals surface area contributed by atoms with Crippen molar-refractivity contribution in [2.75, 3.05) is 11.5 Å². The van der Waals surface area contributed by atoms with Gasteiger partial charge in [0, 0.05) is 12.6 Å². The second kappa shape index (κ2) is 10.3. The van der Waals surface area contributed by atoms with Crippen LogP contribution in [-0.4, -0.2) is 22.6 Å². The van der Waals surface area contributed by atoms with Gasteiger partial charge in [-0.05, 0) is 54.8 Å². The molecule has 3 aromatic rings. The van der Waals surface area contributed by atoms with Crippen molar-refractivity contribution in [2.45, 2.75) is 32.7 Å². The maximum absolute atomic E-state index is 12.9. The standard InChI is InChI=1S/C24H26N2O3/c1-2-19-12-14-21(15-13-19)29-17-7-11-24(28)26(18-20-8-5-6-16-25-20)22-9-3-4-10-23(22)27/h3-6,8-10,12-16,27H,2,7,11,17-18H2,1H3. The first-order valence-electron chi connectivity index (χ1n) is 9.87. The Balaban J connectivity index is 1.61. The van der Waals surface area contributed by atoms with Crippen LogP contribution in [0.5, 0.6) is 11.5 Å². The van der Waals surface area contributed by atoms with Crippen molar-refractivity contribution < 1.29 is 14.6 Å². The number of aryl methyl sites for hydroxylation is 1. The molecule has 0 aliphatic heterocycles. The van der Waals surface area contributed by atoms with Crippen molar-refractivity contribution in [1.29, 1.82) is 0 Å². The topological polar surface area (TPSA) is 62.7 Å². The molecule has 0 saturated heterocycles. The Bertz CT molecular complexity index is 911. The summed E-state index contributed by atoms with van der Waals surface area (Å²) in [6.07, 6.45) is 3.59. The second-order valence-corrected chi connectivity index (χ2v) is 6.74. The number of rotatable bonds is 9. The largest absolute Gasteiger partial charge is 0.506 e. The van der Waals surface area contributed by atoms with Gasteiger partial charge in [-0.2, -0.15) is 0 Å². The van der Waals surface area contributed by atoms with Gasteiger partial charge in [0.15, 0.2) is 0 Å². The third-order valence-electron chi connectivity index (χ3n) is 4.66. The van der Waals surface area contributed by atoms with Gasteiger partial charge in [0.2, 0.25) is 5.91 Å². The number of carbonyl (C=O) groups excluding carboxylic acids is 1. The van der Waals surface area contributed by atoms with Gasteiger partial charge in [0.1, 0.15) is 11.5 Å². The highest BCUT2D eigenvalue weighted by Gasteiger charge is 2.19. The Morgan fingerprint density at radius 2 is 1.79 bits per heavy atom. The van der Waals surface area contributed by atoms with Gasteiger partial charge in [0.05, 0.1) is 24.5 Å². The predicted octanol–water partition coefficient (Wildman–Crippen LogP) is 4.74. The summed E-state index contributed by atoms with van der Waals surface area (Å²) in [4.78, 5) is 18.8. The molecule has 5 heteroatoms. The van der Waals surface area contributed by atoms with E-state index in [-0.39, 0.29) is 11.7 Å².